The normalized spacial score (nSPS) is 12.4. The first-order valence-electron chi connectivity index (χ1n) is 10.4. The largest absolute Gasteiger partial charge is 0.352 e. The molecule has 2 aromatic rings. The van der Waals surface area contributed by atoms with E-state index in [0.29, 0.717) is 21.3 Å². The molecule has 180 valence electrons. The number of aryl methyl sites for hydroxylation is 1. The van der Waals surface area contributed by atoms with E-state index in [-0.39, 0.29) is 18.5 Å². The smallest absolute Gasteiger partial charge is 0.244 e. The SMILES string of the molecule is Cc1cccc(N(CC(=O)N(Cc2ccc(Cl)cc2Cl)C(C)C(=O)NC(C)C)S(C)(=O)=O)c1. The molecule has 0 spiro atoms. The van der Waals surface area contributed by atoms with Crippen LogP contribution in [0.1, 0.15) is 31.9 Å². The average Bonchev–Trinajstić information content (AvgIpc) is 2.69. The number of amides is 2. The van der Waals surface area contributed by atoms with Crippen LogP contribution in [0.4, 0.5) is 5.69 Å². The summed E-state index contributed by atoms with van der Waals surface area (Å²) >= 11 is 12.3. The van der Waals surface area contributed by atoms with Crippen LogP contribution in [0.25, 0.3) is 0 Å². The molecule has 0 heterocycles. The molecule has 0 fully saturated rings. The molecular formula is C23H29Cl2N3O4S. The Labute approximate surface area is 205 Å². The Balaban J connectivity index is 2.42. The number of rotatable bonds is 9. The zero-order valence-electron chi connectivity index (χ0n) is 19.3. The van der Waals surface area contributed by atoms with Crippen LogP contribution < -0.4 is 9.62 Å². The standard InChI is InChI=1S/C23H29Cl2N3O4S/c1-15(2)26-23(30)17(4)27(13-18-9-10-19(24)12-21(18)25)22(29)14-28(33(5,31)32)20-8-6-7-16(3)11-20/h6-12,15,17H,13-14H2,1-5H3,(H,26,30). The Morgan fingerprint density at radius 1 is 1.06 bits per heavy atom. The van der Waals surface area contributed by atoms with Crippen molar-refractivity contribution in [3.8, 4) is 0 Å². The summed E-state index contributed by atoms with van der Waals surface area (Å²) in [7, 11) is -3.77. The summed E-state index contributed by atoms with van der Waals surface area (Å²) in [5.41, 5.74) is 1.80. The molecule has 33 heavy (non-hydrogen) atoms. The van der Waals surface area contributed by atoms with Gasteiger partial charge in [-0.15, -0.1) is 0 Å². The maximum absolute atomic E-state index is 13.4. The van der Waals surface area contributed by atoms with Crippen molar-refractivity contribution >= 4 is 50.7 Å². The maximum Gasteiger partial charge on any atom is 0.244 e. The first-order valence-corrected chi connectivity index (χ1v) is 13.0. The number of sulfonamides is 1. The molecule has 1 N–H and O–H groups in total. The van der Waals surface area contributed by atoms with Crippen LogP contribution in [-0.2, 0) is 26.2 Å². The summed E-state index contributed by atoms with van der Waals surface area (Å²) in [5.74, 6) is -0.899. The number of nitrogens with zero attached hydrogens (tertiary/aromatic N) is 2. The van der Waals surface area contributed by atoms with Crippen molar-refractivity contribution in [2.24, 2.45) is 0 Å². The second kappa shape index (κ2) is 11.2. The lowest BCUT2D eigenvalue weighted by Crippen LogP contribution is -2.52. The van der Waals surface area contributed by atoms with Gasteiger partial charge in [-0.3, -0.25) is 13.9 Å². The molecule has 0 saturated heterocycles. The molecule has 0 aliphatic rings. The first kappa shape index (κ1) is 27.0. The van der Waals surface area contributed by atoms with Gasteiger partial charge in [-0.1, -0.05) is 41.4 Å². The summed E-state index contributed by atoms with van der Waals surface area (Å²) in [4.78, 5) is 27.5. The molecule has 2 amide bonds. The van der Waals surface area contributed by atoms with E-state index in [1.807, 2.05) is 26.8 Å². The molecule has 0 saturated carbocycles. The van der Waals surface area contributed by atoms with Gasteiger partial charge in [-0.05, 0) is 63.1 Å². The third kappa shape index (κ3) is 7.62. The molecule has 0 aliphatic heterocycles. The number of hydrogen-bond acceptors (Lipinski definition) is 4. The minimum Gasteiger partial charge on any atom is -0.352 e. The van der Waals surface area contributed by atoms with Crippen LogP contribution in [0.2, 0.25) is 10.0 Å². The predicted octanol–water partition coefficient (Wildman–Crippen LogP) is 4.01. The van der Waals surface area contributed by atoms with Gasteiger partial charge >= 0.3 is 0 Å². The molecule has 0 aromatic heterocycles. The van der Waals surface area contributed by atoms with Gasteiger partial charge in [-0.25, -0.2) is 8.42 Å². The molecule has 7 nitrogen and oxygen atoms in total. The van der Waals surface area contributed by atoms with Gasteiger partial charge in [0.1, 0.15) is 12.6 Å². The van der Waals surface area contributed by atoms with E-state index < -0.39 is 28.5 Å². The quantitative estimate of drug-likeness (QED) is 0.548. The molecule has 2 rings (SSSR count). The minimum atomic E-state index is -3.77. The van der Waals surface area contributed by atoms with E-state index >= 15 is 0 Å². The van der Waals surface area contributed by atoms with Gasteiger partial charge in [0.2, 0.25) is 21.8 Å². The van der Waals surface area contributed by atoms with Gasteiger partial charge in [0, 0.05) is 22.6 Å². The van der Waals surface area contributed by atoms with Gasteiger partial charge in [-0.2, -0.15) is 0 Å². The number of anilines is 1. The second-order valence-corrected chi connectivity index (χ2v) is 11.0. The van der Waals surface area contributed by atoms with Crippen LogP contribution in [0.15, 0.2) is 42.5 Å². The summed E-state index contributed by atoms with van der Waals surface area (Å²) in [6, 6.07) is 10.7. The Bertz CT molecular complexity index is 1120. The highest BCUT2D eigenvalue weighted by Crippen LogP contribution is 2.24. The molecule has 1 atom stereocenters. The lowest BCUT2D eigenvalue weighted by atomic mass is 10.1. The highest BCUT2D eigenvalue weighted by atomic mass is 35.5. The number of benzene rings is 2. The fourth-order valence-electron chi connectivity index (χ4n) is 3.22. The molecule has 0 bridgehead atoms. The van der Waals surface area contributed by atoms with Gasteiger partial charge in [0.05, 0.1) is 11.9 Å². The monoisotopic (exact) mass is 513 g/mol. The van der Waals surface area contributed by atoms with E-state index in [0.717, 1.165) is 16.1 Å². The summed E-state index contributed by atoms with van der Waals surface area (Å²) in [6.45, 7) is 6.60. The summed E-state index contributed by atoms with van der Waals surface area (Å²) in [5, 5.41) is 3.57. The van der Waals surface area contributed by atoms with Crippen molar-refractivity contribution in [3.63, 3.8) is 0 Å². The Hall–Kier alpha value is -2.29. The maximum atomic E-state index is 13.4. The summed E-state index contributed by atoms with van der Waals surface area (Å²) < 4.78 is 26.1. The topological polar surface area (TPSA) is 86.8 Å². The zero-order chi connectivity index (χ0) is 24.9. The summed E-state index contributed by atoms with van der Waals surface area (Å²) in [6.07, 6.45) is 1.04. The number of hydrogen-bond donors (Lipinski definition) is 1. The first-order chi connectivity index (χ1) is 15.3. The fraction of sp³-hybridized carbons (Fsp3) is 0.391. The molecule has 1 unspecified atom stereocenters. The molecule has 2 aromatic carbocycles. The van der Waals surface area contributed by atoms with Crippen molar-refractivity contribution in [2.75, 3.05) is 17.1 Å². The van der Waals surface area contributed by atoms with E-state index in [4.69, 9.17) is 23.2 Å². The number of carbonyl (C=O) groups is 2. The molecule has 0 aliphatic carbocycles. The van der Waals surface area contributed by atoms with Crippen LogP contribution >= 0.6 is 23.2 Å². The van der Waals surface area contributed by atoms with Crippen LogP contribution in [-0.4, -0.2) is 50.0 Å². The Morgan fingerprint density at radius 3 is 2.27 bits per heavy atom. The highest BCUT2D eigenvalue weighted by molar-refractivity contribution is 7.92. The highest BCUT2D eigenvalue weighted by Gasteiger charge is 2.30. The second-order valence-electron chi connectivity index (χ2n) is 8.21. The Kier molecular flexibility index (Phi) is 9.17. The molecular weight excluding hydrogens is 485 g/mol. The predicted molar refractivity (Wildman–Crippen MR) is 133 cm³/mol. The van der Waals surface area contributed by atoms with Gasteiger partial charge < -0.3 is 10.2 Å². The van der Waals surface area contributed by atoms with Crippen molar-refractivity contribution in [1.29, 1.82) is 0 Å². The Morgan fingerprint density at radius 2 is 1.73 bits per heavy atom. The zero-order valence-corrected chi connectivity index (χ0v) is 21.6. The van der Waals surface area contributed by atoms with Crippen LogP contribution in [0.3, 0.4) is 0 Å². The van der Waals surface area contributed by atoms with Crippen molar-refractivity contribution in [1.82, 2.24) is 10.2 Å². The van der Waals surface area contributed by atoms with E-state index in [9.17, 15) is 18.0 Å². The average molecular weight is 514 g/mol. The number of nitrogens with one attached hydrogen (secondary N) is 1. The lowest BCUT2D eigenvalue weighted by Gasteiger charge is -2.32. The third-order valence-electron chi connectivity index (χ3n) is 4.92. The van der Waals surface area contributed by atoms with E-state index in [2.05, 4.69) is 5.32 Å². The van der Waals surface area contributed by atoms with Crippen LogP contribution in [0.5, 0.6) is 0 Å². The fourth-order valence-corrected chi connectivity index (χ4v) is 4.53. The molecule has 10 heteroatoms. The number of carbonyl (C=O) groups excluding carboxylic acids is 2. The van der Waals surface area contributed by atoms with E-state index in [1.54, 1.807) is 43.3 Å². The van der Waals surface area contributed by atoms with Crippen molar-refractivity contribution in [2.45, 2.75) is 46.3 Å². The van der Waals surface area contributed by atoms with Crippen molar-refractivity contribution < 1.29 is 18.0 Å². The minimum absolute atomic E-state index is 0.00688. The van der Waals surface area contributed by atoms with E-state index in [1.165, 1.54) is 4.90 Å². The molecule has 0 radical (unpaired) electrons. The van der Waals surface area contributed by atoms with Crippen LogP contribution in [0, 0.1) is 6.92 Å². The van der Waals surface area contributed by atoms with Crippen molar-refractivity contribution in [3.05, 3.63) is 63.6 Å². The van der Waals surface area contributed by atoms with Gasteiger partial charge in [0.15, 0.2) is 0 Å². The number of halogens is 2. The lowest BCUT2D eigenvalue weighted by molar-refractivity contribution is -0.139. The van der Waals surface area contributed by atoms with Gasteiger partial charge in [0.25, 0.3) is 0 Å². The third-order valence-corrected chi connectivity index (χ3v) is 6.65.